The molecule has 7 heteroatoms. The molecule has 0 bridgehead atoms. The number of carbonyl (C=O) groups excluding carboxylic acids is 3. The zero-order valence-electron chi connectivity index (χ0n) is 15.1. The molecule has 136 valence electrons. The van der Waals surface area contributed by atoms with Gasteiger partial charge in [-0.05, 0) is 26.8 Å². The molecule has 1 aliphatic heterocycles. The Hall–Kier alpha value is -2.37. The largest absolute Gasteiger partial charge is 0.495 e. The first-order chi connectivity index (χ1) is 11.8. The maximum atomic E-state index is 12.1. The van der Waals surface area contributed by atoms with Crippen molar-refractivity contribution in [1.82, 2.24) is 9.80 Å². The van der Waals surface area contributed by atoms with Gasteiger partial charge >= 0.3 is 6.09 Å². The second-order valence-corrected chi connectivity index (χ2v) is 6.93. The van der Waals surface area contributed by atoms with Gasteiger partial charge in [0.1, 0.15) is 17.3 Å². The Morgan fingerprint density at radius 3 is 2.40 bits per heavy atom. The quantitative estimate of drug-likeness (QED) is 0.566. The fraction of sp³-hybridized carbons (Fsp3) is 0.556. The summed E-state index contributed by atoms with van der Waals surface area (Å²) < 4.78 is 10.6. The minimum atomic E-state index is -0.531. The van der Waals surface area contributed by atoms with Gasteiger partial charge in [0.25, 0.3) is 0 Å². The highest BCUT2D eigenvalue weighted by molar-refractivity contribution is 5.83. The van der Waals surface area contributed by atoms with Crippen LogP contribution in [0, 0.1) is 0 Å². The van der Waals surface area contributed by atoms with E-state index in [0.29, 0.717) is 43.6 Å². The fourth-order valence-electron chi connectivity index (χ4n) is 2.90. The Balaban J connectivity index is 2.05. The second-order valence-electron chi connectivity index (χ2n) is 6.93. The summed E-state index contributed by atoms with van der Waals surface area (Å²) in [5.41, 5.74) is 0.0965. The van der Waals surface area contributed by atoms with E-state index in [0.717, 1.165) is 0 Å². The number of aldehydes is 1. The predicted octanol–water partition coefficient (Wildman–Crippen LogP) is 1.33. The van der Waals surface area contributed by atoms with Crippen LogP contribution in [0.2, 0.25) is 0 Å². The monoisotopic (exact) mass is 348 g/mol. The highest BCUT2D eigenvalue weighted by Gasteiger charge is 2.33. The molecular weight excluding hydrogens is 324 g/mol. The van der Waals surface area contributed by atoms with Gasteiger partial charge < -0.3 is 14.4 Å². The summed E-state index contributed by atoms with van der Waals surface area (Å²) in [7, 11) is 1.42. The van der Waals surface area contributed by atoms with E-state index in [9.17, 15) is 14.4 Å². The molecule has 0 aromatic carbocycles. The van der Waals surface area contributed by atoms with E-state index in [1.165, 1.54) is 7.11 Å². The fourth-order valence-corrected chi connectivity index (χ4v) is 2.90. The number of hydrogen-bond acceptors (Lipinski definition) is 6. The van der Waals surface area contributed by atoms with E-state index >= 15 is 0 Å². The van der Waals surface area contributed by atoms with Crippen molar-refractivity contribution >= 4 is 18.3 Å². The van der Waals surface area contributed by atoms with Crippen molar-refractivity contribution in [1.29, 1.82) is 0 Å². The van der Waals surface area contributed by atoms with Crippen LogP contribution in [0.5, 0.6) is 0 Å². The SMILES string of the molecule is COC1=C(C=O)C=CC(N2CCN(C(=O)OC(C)(C)C)CC2)C1=C=O. The Morgan fingerprint density at radius 1 is 1.28 bits per heavy atom. The smallest absolute Gasteiger partial charge is 0.410 e. The van der Waals surface area contributed by atoms with Gasteiger partial charge in [0.05, 0.1) is 24.3 Å². The topological polar surface area (TPSA) is 76.2 Å². The lowest BCUT2D eigenvalue weighted by molar-refractivity contribution is -0.104. The van der Waals surface area contributed by atoms with Gasteiger partial charge in [-0.1, -0.05) is 6.08 Å². The van der Waals surface area contributed by atoms with Crippen molar-refractivity contribution in [2.75, 3.05) is 33.3 Å². The molecule has 0 aromatic rings. The van der Waals surface area contributed by atoms with Gasteiger partial charge in [0.2, 0.25) is 0 Å². The Kier molecular flexibility index (Phi) is 5.82. The summed E-state index contributed by atoms with van der Waals surface area (Å²) in [5.74, 6) is 2.16. The van der Waals surface area contributed by atoms with Gasteiger partial charge in [-0.15, -0.1) is 0 Å². The number of carbonyl (C=O) groups is 2. The lowest BCUT2D eigenvalue weighted by Gasteiger charge is -2.39. The van der Waals surface area contributed by atoms with Crippen LogP contribution >= 0.6 is 0 Å². The molecule has 0 aromatic heterocycles. The lowest BCUT2D eigenvalue weighted by Crippen LogP contribution is -2.53. The van der Waals surface area contributed by atoms with Crippen molar-refractivity contribution in [3.8, 4) is 0 Å². The zero-order valence-corrected chi connectivity index (χ0v) is 15.1. The maximum Gasteiger partial charge on any atom is 0.410 e. The molecule has 0 radical (unpaired) electrons. The van der Waals surface area contributed by atoms with Crippen molar-refractivity contribution in [2.45, 2.75) is 32.4 Å². The van der Waals surface area contributed by atoms with Crippen LogP contribution in [0.3, 0.4) is 0 Å². The molecule has 2 aliphatic rings. The van der Waals surface area contributed by atoms with E-state index in [1.54, 1.807) is 17.1 Å². The zero-order chi connectivity index (χ0) is 18.6. The van der Waals surface area contributed by atoms with Crippen molar-refractivity contribution < 1.29 is 23.9 Å². The molecule has 0 spiro atoms. The molecular formula is C18H24N2O5. The summed E-state index contributed by atoms with van der Waals surface area (Å²) >= 11 is 0. The van der Waals surface area contributed by atoms with E-state index in [-0.39, 0.29) is 17.9 Å². The summed E-state index contributed by atoms with van der Waals surface area (Å²) in [6.45, 7) is 7.64. The third kappa shape index (κ3) is 4.38. The maximum absolute atomic E-state index is 12.1. The van der Waals surface area contributed by atoms with Crippen molar-refractivity contribution in [2.24, 2.45) is 0 Å². The van der Waals surface area contributed by atoms with E-state index < -0.39 is 5.60 Å². The van der Waals surface area contributed by atoms with Crippen LogP contribution < -0.4 is 0 Å². The van der Waals surface area contributed by atoms with Gasteiger partial charge in [-0.3, -0.25) is 9.69 Å². The molecule has 25 heavy (non-hydrogen) atoms. The molecule has 1 saturated heterocycles. The van der Waals surface area contributed by atoms with Crippen molar-refractivity contribution in [3.63, 3.8) is 0 Å². The van der Waals surface area contributed by atoms with Gasteiger partial charge in [0, 0.05) is 26.2 Å². The third-order valence-corrected chi connectivity index (χ3v) is 4.06. The van der Waals surface area contributed by atoms with Crippen LogP contribution in [0.1, 0.15) is 20.8 Å². The Bertz CT molecular complexity index is 645. The van der Waals surface area contributed by atoms with Crippen LogP contribution in [0.4, 0.5) is 4.79 Å². The predicted molar refractivity (Wildman–Crippen MR) is 91.6 cm³/mol. The van der Waals surface area contributed by atoms with Gasteiger partial charge in [-0.25, -0.2) is 9.59 Å². The minimum Gasteiger partial charge on any atom is -0.495 e. The van der Waals surface area contributed by atoms with Gasteiger partial charge in [0.15, 0.2) is 6.29 Å². The van der Waals surface area contributed by atoms with E-state index in [4.69, 9.17) is 9.47 Å². The number of rotatable bonds is 3. The second kappa shape index (κ2) is 7.68. The average molecular weight is 348 g/mol. The number of allylic oxidation sites excluding steroid dienone is 2. The summed E-state index contributed by atoms with van der Waals surface area (Å²) in [5, 5.41) is 0. The minimum absolute atomic E-state index is 0.257. The summed E-state index contributed by atoms with van der Waals surface area (Å²) in [4.78, 5) is 38.4. The first-order valence-corrected chi connectivity index (χ1v) is 8.19. The number of piperazine rings is 1. The third-order valence-electron chi connectivity index (χ3n) is 4.06. The first-order valence-electron chi connectivity index (χ1n) is 8.19. The number of nitrogens with zero attached hydrogens (tertiary/aromatic N) is 2. The summed E-state index contributed by atoms with van der Waals surface area (Å²) in [6.07, 6.45) is 3.76. The standard InChI is InChI=1S/C18H24N2O5/c1-18(2,3)25-17(23)20-9-7-19(8-10-20)15-6-5-13(11-21)16(24-4)14(15)12-22/h5-6,11,15H,7-10H2,1-4H3. The number of methoxy groups -OCH3 is 1. The number of hydrogen-bond donors (Lipinski definition) is 0. The average Bonchev–Trinajstić information content (AvgIpc) is 2.58. The molecule has 0 N–H and O–H groups in total. The highest BCUT2D eigenvalue weighted by Crippen LogP contribution is 2.27. The Labute approximate surface area is 147 Å². The van der Waals surface area contributed by atoms with Crippen molar-refractivity contribution in [3.05, 3.63) is 29.1 Å². The molecule has 1 atom stereocenters. The molecule has 1 fully saturated rings. The molecule has 1 heterocycles. The first kappa shape index (κ1) is 19.0. The summed E-state index contributed by atoms with van der Waals surface area (Å²) in [6, 6.07) is -0.322. The van der Waals surface area contributed by atoms with Crippen LogP contribution in [0.15, 0.2) is 29.1 Å². The Morgan fingerprint density at radius 2 is 1.92 bits per heavy atom. The molecule has 7 nitrogen and oxygen atoms in total. The van der Waals surface area contributed by atoms with Crippen LogP contribution in [0.25, 0.3) is 0 Å². The van der Waals surface area contributed by atoms with Gasteiger partial charge in [-0.2, -0.15) is 0 Å². The van der Waals surface area contributed by atoms with E-state index in [1.807, 2.05) is 26.7 Å². The van der Waals surface area contributed by atoms with E-state index in [2.05, 4.69) is 4.90 Å². The molecule has 1 unspecified atom stereocenters. The highest BCUT2D eigenvalue weighted by atomic mass is 16.6. The van der Waals surface area contributed by atoms with Crippen LogP contribution in [-0.2, 0) is 19.1 Å². The molecule has 0 saturated carbocycles. The molecule has 1 aliphatic carbocycles. The van der Waals surface area contributed by atoms with Crippen LogP contribution in [-0.4, -0.2) is 73.1 Å². The number of ether oxygens (including phenoxy) is 2. The normalized spacial score (nSPS) is 21.8. The lowest BCUT2D eigenvalue weighted by atomic mass is 9.95. The molecule has 1 amide bonds. The number of amides is 1. The molecule has 2 rings (SSSR count).